The summed E-state index contributed by atoms with van der Waals surface area (Å²) in [6.07, 6.45) is 1.83. The fraction of sp³-hybridized carbons (Fsp3) is 0.243. The van der Waals surface area contributed by atoms with E-state index in [2.05, 4.69) is 119 Å². The molecule has 3 aromatic carbocycles. The topological polar surface area (TPSA) is 25.8 Å². The smallest absolute Gasteiger partial charge is 0.305 e. The van der Waals surface area contributed by atoms with Crippen molar-refractivity contribution in [3.63, 3.8) is 0 Å². The monoisotopic (exact) mass is 703 g/mol. The molecule has 2 nitrogen and oxygen atoms in total. The van der Waals surface area contributed by atoms with Crippen molar-refractivity contribution in [1.29, 1.82) is 0 Å². The van der Waals surface area contributed by atoms with E-state index in [1.54, 1.807) is 0 Å². The molecule has 1 unspecified atom stereocenters. The molecule has 5 rings (SSSR count). The van der Waals surface area contributed by atoms with Gasteiger partial charge in [-0.1, -0.05) is 84.0 Å². The van der Waals surface area contributed by atoms with Crippen molar-refractivity contribution < 1.29 is 21.1 Å². The maximum absolute atomic E-state index is 5.22. The predicted molar refractivity (Wildman–Crippen MR) is 162 cm³/mol. The first-order valence-corrected chi connectivity index (χ1v) is 13.6. The molecule has 2 aromatic heterocycles. The molecule has 0 spiro atoms. The largest absolute Gasteiger partial charge is 2.00 e. The molecule has 0 amide bonds. The number of nitrogens with zero attached hydrogens (tertiary/aromatic N) is 2. The summed E-state index contributed by atoms with van der Waals surface area (Å²) >= 11 is 0. The Morgan fingerprint density at radius 2 is 1.30 bits per heavy atom. The molecule has 3 heteroatoms. The molecule has 1 atom stereocenters. The van der Waals surface area contributed by atoms with Crippen molar-refractivity contribution in [2.75, 3.05) is 0 Å². The second-order valence-electron chi connectivity index (χ2n) is 12.2. The zero-order valence-corrected chi connectivity index (χ0v) is 26.4. The molecule has 0 fully saturated rings. The fourth-order valence-corrected chi connectivity index (χ4v) is 4.84. The van der Waals surface area contributed by atoms with Crippen LogP contribution in [0.4, 0.5) is 0 Å². The van der Waals surface area contributed by atoms with Crippen molar-refractivity contribution in [1.82, 2.24) is 9.97 Å². The normalized spacial score (nSPS) is 12.4. The summed E-state index contributed by atoms with van der Waals surface area (Å²) in [5.41, 5.74) is 9.75. The standard InChI is InChI=1S/C37H36N2.Pt/c1-36(2,3)30-23-29(24-31(25-30)37(4,5)6)35(28-17-12-16-27(22-28)32-18-10-11-21-38-32)34-20-13-19-33(39-34)26-14-8-7-9-15-26;/h7-14,16-21,23-25,35H,1-6H3;/q-2;+2. The van der Waals surface area contributed by atoms with Crippen LogP contribution in [-0.4, -0.2) is 9.97 Å². The minimum atomic E-state index is -0.0966. The molecule has 0 aliphatic carbocycles. The quantitative estimate of drug-likeness (QED) is 0.171. The van der Waals surface area contributed by atoms with Gasteiger partial charge in [0.2, 0.25) is 0 Å². The second-order valence-corrected chi connectivity index (χ2v) is 12.2. The van der Waals surface area contributed by atoms with Gasteiger partial charge in [0.25, 0.3) is 0 Å². The third-order valence-electron chi connectivity index (χ3n) is 7.14. The molecule has 0 radical (unpaired) electrons. The van der Waals surface area contributed by atoms with E-state index in [0.717, 1.165) is 33.8 Å². The maximum Gasteiger partial charge on any atom is 2.00 e. The summed E-state index contributed by atoms with van der Waals surface area (Å²) in [5, 5.41) is 0. The van der Waals surface area contributed by atoms with Crippen molar-refractivity contribution in [3.8, 4) is 22.5 Å². The summed E-state index contributed by atoms with van der Waals surface area (Å²) in [7, 11) is 0. The van der Waals surface area contributed by atoms with Gasteiger partial charge in [0, 0.05) is 17.8 Å². The van der Waals surface area contributed by atoms with E-state index >= 15 is 0 Å². The first-order chi connectivity index (χ1) is 18.6. The summed E-state index contributed by atoms with van der Waals surface area (Å²) in [6.45, 7) is 13.7. The number of rotatable bonds is 5. The minimum absolute atomic E-state index is 0. The first-order valence-electron chi connectivity index (χ1n) is 13.6. The molecule has 0 aliphatic rings. The van der Waals surface area contributed by atoms with Gasteiger partial charge in [-0.2, -0.15) is 0 Å². The zero-order valence-electron chi connectivity index (χ0n) is 24.1. The van der Waals surface area contributed by atoms with E-state index < -0.39 is 0 Å². The number of hydrogen-bond donors (Lipinski definition) is 0. The summed E-state index contributed by atoms with van der Waals surface area (Å²) < 4.78 is 0. The van der Waals surface area contributed by atoms with Crippen LogP contribution >= 0.6 is 0 Å². The Kier molecular flexibility index (Phi) is 8.91. The minimum Gasteiger partial charge on any atom is -0.305 e. The van der Waals surface area contributed by atoms with E-state index in [9.17, 15) is 0 Å². The number of benzene rings is 3. The van der Waals surface area contributed by atoms with Gasteiger partial charge in [-0.15, -0.1) is 71.3 Å². The average Bonchev–Trinajstić information content (AvgIpc) is 2.93. The fourth-order valence-electron chi connectivity index (χ4n) is 4.84. The summed E-state index contributed by atoms with van der Waals surface area (Å²) in [6, 6.07) is 40.8. The van der Waals surface area contributed by atoms with E-state index in [-0.39, 0.29) is 37.8 Å². The maximum atomic E-state index is 5.22. The van der Waals surface area contributed by atoms with E-state index in [4.69, 9.17) is 4.98 Å². The Hall–Kier alpha value is -3.35. The van der Waals surface area contributed by atoms with Crippen molar-refractivity contribution >= 4 is 0 Å². The van der Waals surface area contributed by atoms with Gasteiger partial charge in [0.15, 0.2) is 0 Å². The average molecular weight is 704 g/mol. The Morgan fingerprint density at radius 3 is 1.93 bits per heavy atom. The van der Waals surface area contributed by atoms with Crippen LogP contribution in [0.2, 0.25) is 0 Å². The van der Waals surface area contributed by atoms with Gasteiger partial charge in [-0.3, -0.25) is 0 Å². The van der Waals surface area contributed by atoms with E-state index in [1.807, 2.05) is 42.6 Å². The molecule has 40 heavy (non-hydrogen) atoms. The third kappa shape index (κ3) is 6.68. The van der Waals surface area contributed by atoms with Crippen LogP contribution < -0.4 is 0 Å². The van der Waals surface area contributed by atoms with E-state index in [1.165, 1.54) is 16.7 Å². The molecule has 0 aliphatic heterocycles. The van der Waals surface area contributed by atoms with Crippen LogP contribution in [0.5, 0.6) is 0 Å². The van der Waals surface area contributed by atoms with Gasteiger partial charge < -0.3 is 9.97 Å². The third-order valence-corrected chi connectivity index (χ3v) is 7.14. The molecule has 0 N–H and O–H groups in total. The van der Waals surface area contributed by atoms with Crippen molar-refractivity contribution in [2.24, 2.45) is 0 Å². The van der Waals surface area contributed by atoms with Crippen LogP contribution in [-0.2, 0) is 31.9 Å². The summed E-state index contributed by atoms with van der Waals surface area (Å²) in [5.74, 6) is -0.0966. The Bertz CT molecular complexity index is 1450. The van der Waals surface area contributed by atoms with Crippen molar-refractivity contribution in [3.05, 3.63) is 143 Å². The summed E-state index contributed by atoms with van der Waals surface area (Å²) in [4.78, 5) is 9.81. The van der Waals surface area contributed by atoms with Gasteiger partial charge in [0.1, 0.15) is 0 Å². The number of aromatic nitrogens is 2. The van der Waals surface area contributed by atoms with Gasteiger partial charge in [-0.25, -0.2) is 0 Å². The number of pyridine rings is 2. The molecular weight excluding hydrogens is 667 g/mol. The van der Waals surface area contributed by atoms with Crippen LogP contribution in [0.15, 0.2) is 103 Å². The van der Waals surface area contributed by atoms with Gasteiger partial charge in [0.05, 0.1) is 0 Å². The molecular formula is C37H36N2Pt. The van der Waals surface area contributed by atoms with Crippen LogP contribution in [0, 0.1) is 12.1 Å². The van der Waals surface area contributed by atoms with Crippen LogP contribution in [0.25, 0.3) is 22.5 Å². The number of hydrogen-bond acceptors (Lipinski definition) is 2. The van der Waals surface area contributed by atoms with Gasteiger partial charge >= 0.3 is 21.1 Å². The van der Waals surface area contributed by atoms with E-state index in [0.29, 0.717) is 0 Å². The van der Waals surface area contributed by atoms with Gasteiger partial charge in [-0.05, 0) is 51.0 Å². The van der Waals surface area contributed by atoms with Crippen molar-refractivity contribution in [2.45, 2.75) is 58.3 Å². The SMILES string of the molecule is CC(C)(C)c1cc(C(c2[c-]c(-c3ccccn3)ccc2)c2cccc(-c3[c-]cccc3)n2)cc(C(C)(C)C)c1.[Pt+2]. The first kappa shape index (κ1) is 29.6. The Morgan fingerprint density at radius 1 is 0.650 bits per heavy atom. The van der Waals surface area contributed by atoms with Crippen LogP contribution in [0.1, 0.15) is 75.4 Å². The predicted octanol–water partition coefficient (Wildman–Crippen LogP) is 9.18. The van der Waals surface area contributed by atoms with Crippen LogP contribution in [0.3, 0.4) is 0 Å². The molecule has 0 saturated heterocycles. The molecule has 204 valence electrons. The zero-order chi connectivity index (χ0) is 27.6. The molecule has 5 aromatic rings. The Balaban J connectivity index is 0.00000370. The molecule has 2 heterocycles. The molecule has 0 saturated carbocycles. The molecule has 0 bridgehead atoms. The second kappa shape index (κ2) is 12.0. The Labute approximate surface area is 254 Å².